The highest BCUT2D eigenvalue weighted by molar-refractivity contribution is 5.80. The maximum Gasteiger partial charge on any atom is 0.311 e. The molecule has 1 rings (SSSR count). The lowest BCUT2D eigenvalue weighted by atomic mass is 9.82. The van der Waals surface area contributed by atoms with Gasteiger partial charge in [0.2, 0.25) is 0 Å². The Hall–Kier alpha value is -2.04. The largest absolute Gasteiger partial charge is 0.484 e. The van der Waals surface area contributed by atoms with E-state index in [0.717, 1.165) is 11.1 Å². The van der Waals surface area contributed by atoms with E-state index in [1.54, 1.807) is 0 Å². The Morgan fingerprint density at radius 2 is 1.86 bits per heavy atom. The lowest BCUT2D eigenvalue weighted by molar-refractivity contribution is -0.149. The van der Waals surface area contributed by atoms with Gasteiger partial charge < -0.3 is 15.2 Å². The van der Waals surface area contributed by atoms with Crippen molar-refractivity contribution in [2.24, 2.45) is 5.41 Å². The predicted octanol–water partition coefficient (Wildman–Crippen LogP) is 2.69. The molecule has 5 heteroatoms. The highest BCUT2D eigenvalue weighted by atomic mass is 16.5. The van der Waals surface area contributed by atoms with Crippen LogP contribution in [0.5, 0.6) is 5.75 Å². The topological polar surface area (TPSA) is 75.6 Å². The number of aliphatic carboxylic acids is 1. The Balaban J connectivity index is 2.54. The van der Waals surface area contributed by atoms with Crippen molar-refractivity contribution in [2.75, 3.05) is 13.2 Å². The summed E-state index contributed by atoms with van der Waals surface area (Å²) in [6.45, 7) is 7.54. The Morgan fingerprint density at radius 1 is 1.23 bits per heavy atom. The minimum Gasteiger partial charge on any atom is -0.484 e. The van der Waals surface area contributed by atoms with Crippen LogP contribution in [0, 0.1) is 19.3 Å². The number of aryl methyl sites for hydroxylation is 2. The van der Waals surface area contributed by atoms with Gasteiger partial charge >= 0.3 is 5.97 Å². The molecule has 0 atom stereocenters. The second-order valence-corrected chi connectivity index (χ2v) is 5.63. The molecule has 0 unspecified atom stereocenters. The number of rotatable bonds is 8. The molecule has 1 amide bonds. The molecule has 0 saturated heterocycles. The van der Waals surface area contributed by atoms with Gasteiger partial charge in [-0.15, -0.1) is 0 Å². The first-order chi connectivity index (χ1) is 10.3. The van der Waals surface area contributed by atoms with Crippen LogP contribution in [0.4, 0.5) is 0 Å². The van der Waals surface area contributed by atoms with Gasteiger partial charge in [-0.05, 0) is 38.3 Å². The monoisotopic (exact) mass is 307 g/mol. The Kier molecular flexibility index (Phi) is 6.40. The first-order valence-electron chi connectivity index (χ1n) is 7.54. The van der Waals surface area contributed by atoms with Crippen molar-refractivity contribution < 1.29 is 19.4 Å². The fourth-order valence-electron chi connectivity index (χ4n) is 2.30. The molecule has 0 bridgehead atoms. The average Bonchev–Trinajstić information content (AvgIpc) is 2.47. The summed E-state index contributed by atoms with van der Waals surface area (Å²) in [7, 11) is 0. The fraction of sp³-hybridized carbons (Fsp3) is 0.529. The van der Waals surface area contributed by atoms with Crippen LogP contribution in [0.1, 0.15) is 37.8 Å². The smallest absolute Gasteiger partial charge is 0.311 e. The summed E-state index contributed by atoms with van der Waals surface area (Å²) in [5.41, 5.74) is 1.19. The third kappa shape index (κ3) is 4.48. The standard InChI is InChI=1S/C17H25NO4/c1-5-17(6-2,16(20)21)11-18-15(19)10-22-14-8-7-12(3)9-13(14)4/h7-9H,5-6,10-11H2,1-4H3,(H,18,19)(H,20,21). The van der Waals surface area contributed by atoms with Gasteiger partial charge in [0.1, 0.15) is 5.75 Å². The summed E-state index contributed by atoms with van der Waals surface area (Å²) in [6, 6.07) is 5.73. The SMILES string of the molecule is CCC(CC)(CNC(=O)COc1ccc(C)cc1C)C(=O)O. The molecule has 0 radical (unpaired) electrons. The molecular weight excluding hydrogens is 282 g/mol. The molecule has 2 N–H and O–H groups in total. The number of carbonyl (C=O) groups is 2. The van der Waals surface area contributed by atoms with Gasteiger partial charge in [0.05, 0.1) is 5.41 Å². The zero-order chi connectivity index (χ0) is 16.8. The maximum atomic E-state index is 11.9. The van der Waals surface area contributed by atoms with Crippen LogP contribution >= 0.6 is 0 Å². The van der Waals surface area contributed by atoms with Crippen molar-refractivity contribution in [3.8, 4) is 5.75 Å². The van der Waals surface area contributed by atoms with E-state index >= 15 is 0 Å². The van der Waals surface area contributed by atoms with E-state index in [2.05, 4.69) is 5.32 Å². The van der Waals surface area contributed by atoms with Gasteiger partial charge in [-0.2, -0.15) is 0 Å². The van der Waals surface area contributed by atoms with Gasteiger partial charge in [-0.1, -0.05) is 31.5 Å². The van der Waals surface area contributed by atoms with E-state index in [1.807, 2.05) is 45.9 Å². The van der Waals surface area contributed by atoms with Gasteiger partial charge in [0.15, 0.2) is 6.61 Å². The van der Waals surface area contributed by atoms with Crippen LogP contribution in [0.3, 0.4) is 0 Å². The second kappa shape index (κ2) is 7.82. The summed E-state index contributed by atoms with van der Waals surface area (Å²) in [6.07, 6.45) is 0.939. The molecule has 0 fully saturated rings. The van der Waals surface area contributed by atoms with Crippen LogP contribution < -0.4 is 10.1 Å². The normalized spacial score (nSPS) is 11.1. The van der Waals surface area contributed by atoms with Crippen molar-refractivity contribution in [1.82, 2.24) is 5.32 Å². The van der Waals surface area contributed by atoms with E-state index in [1.165, 1.54) is 0 Å². The van der Waals surface area contributed by atoms with Gasteiger partial charge in [0.25, 0.3) is 5.91 Å². The molecular formula is C17H25NO4. The zero-order valence-corrected chi connectivity index (χ0v) is 13.7. The minimum absolute atomic E-state index is 0.115. The highest BCUT2D eigenvalue weighted by Crippen LogP contribution is 2.25. The average molecular weight is 307 g/mol. The van der Waals surface area contributed by atoms with Crippen LogP contribution in [0.2, 0.25) is 0 Å². The molecule has 0 aliphatic rings. The number of ether oxygens (including phenoxy) is 1. The van der Waals surface area contributed by atoms with E-state index in [-0.39, 0.29) is 19.1 Å². The maximum absolute atomic E-state index is 11.9. The van der Waals surface area contributed by atoms with Gasteiger partial charge in [-0.3, -0.25) is 9.59 Å². The molecule has 5 nitrogen and oxygen atoms in total. The molecule has 1 aromatic carbocycles. The lowest BCUT2D eigenvalue weighted by Crippen LogP contribution is -2.43. The van der Waals surface area contributed by atoms with Crippen LogP contribution in [-0.4, -0.2) is 30.1 Å². The minimum atomic E-state index is -0.907. The molecule has 0 aromatic heterocycles. The van der Waals surface area contributed by atoms with E-state index in [0.29, 0.717) is 18.6 Å². The van der Waals surface area contributed by atoms with E-state index < -0.39 is 11.4 Å². The first kappa shape index (κ1) is 18.0. The number of hydrogen-bond acceptors (Lipinski definition) is 3. The summed E-state index contributed by atoms with van der Waals surface area (Å²) in [4.78, 5) is 23.2. The molecule has 22 heavy (non-hydrogen) atoms. The summed E-state index contributed by atoms with van der Waals surface area (Å²) >= 11 is 0. The predicted molar refractivity (Wildman–Crippen MR) is 85.1 cm³/mol. The van der Waals surface area contributed by atoms with Crippen molar-refractivity contribution in [2.45, 2.75) is 40.5 Å². The van der Waals surface area contributed by atoms with Crippen molar-refractivity contribution in [3.63, 3.8) is 0 Å². The number of amides is 1. The van der Waals surface area contributed by atoms with Crippen LogP contribution in [0.25, 0.3) is 0 Å². The third-order valence-corrected chi connectivity index (χ3v) is 4.12. The molecule has 0 saturated carbocycles. The number of nitrogens with one attached hydrogen (secondary N) is 1. The zero-order valence-electron chi connectivity index (χ0n) is 13.7. The van der Waals surface area contributed by atoms with Crippen molar-refractivity contribution >= 4 is 11.9 Å². The molecule has 0 spiro atoms. The molecule has 1 aromatic rings. The van der Waals surface area contributed by atoms with E-state index in [4.69, 9.17) is 4.74 Å². The third-order valence-electron chi connectivity index (χ3n) is 4.12. The number of carboxylic acid groups (broad SMARTS) is 1. The Morgan fingerprint density at radius 3 is 2.36 bits per heavy atom. The molecule has 0 aliphatic heterocycles. The van der Waals surface area contributed by atoms with Crippen molar-refractivity contribution in [3.05, 3.63) is 29.3 Å². The summed E-state index contributed by atoms with van der Waals surface area (Å²) < 4.78 is 5.49. The number of carbonyl (C=O) groups excluding carboxylic acids is 1. The fourth-order valence-corrected chi connectivity index (χ4v) is 2.30. The molecule has 122 valence electrons. The second-order valence-electron chi connectivity index (χ2n) is 5.63. The number of hydrogen-bond donors (Lipinski definition) is 2. The lowest BCUT2D eigenvalue weighted by Gasteiger charge is -2.26. The summed E-state index contributed by atoms with van der Waals surface area (Å²) in [5.74, 6) is -0.531. The van der Waals surface area contributed by atoms with Gasteiger partial charge in [0, 0.05) is 6.54 Å². The Bertz CT molecular complexity index is 535. The summed E-state index contributed by atoms with van der Waals surface area (Å²) in [5, 5.41) is 12.0. The first-order valence-corrected chi connectivity index (χ1v) is 7.54. The van der Waals surface area contributed by atoms with Crippen molar-refractivity contribution in [1.29, 1.82) is 0 Å². The van der Waals surface area contributed by atoms with Gasteiger partial charge in [-0.25, -0.2) is 0 Å². The molecule has 0 aliphatic carbocycles. The molecule has 0 heterocycles. The number of carboxylic acids is 1. The Labute approximate surface area is 131 Å². The van der Waals surface area contributed by atoms with Crippen LogP contribution in [0.15, 0.2) is 18.2 Å². The quantitative estimate of drug-likeness (QED) is 0.774. The highest BCUT2D eigenvalue weighted by Gasteiger charge is 2.35. The number of benzene rings is 1. The van der Waals surface area contributed by atoms with E-state index in [9.17, 15) is 14.7 Å². The van der Waals surface area contributed by atoms with Crippen LogP contribution in [-0.2, 0) is 9.59 Å².